The van der Waals surface area contributed by atoms with Crippen LogP contribution in [0.2, 0.25) is 20.1 Å². The Labute approximate surface area is 807 Å². The highest BCUT2D eigenvalue weighted by Crippen LogP contribution is 2.58. The lowest BCUT2D eigenvalue weighted by molar-refractivity contribution is -0.182. The fourth-order valence-corrected chi connectivity index (χ4v) is 18.4. The Kier molecular flexibility index (Phi) is 26.1. The predicted molar refractivity (Wildman–Crippen MR) is 493 cm³/mol. The van der Waals surface area contributed by atoms with Gasteiger partial charge in [0.2, 0.25) is 0 Å². The van der Waals surface area contributed by atoms with Crippen molar-refractivity contribution in [1.29, 1.82) is 0 Å². The van der Waals surface area contributed by atoms with E-state index in [2.05, 4.69) is 59.8 Å². The summed E-state index contributed by atoms with van der Waals surface area (Å²) in [5, 5.41) is 2.45. The molecule has 22 rings (SSSR count). The normalized spacial score (nSPS) is 29.0. The first-order valence-corrected chi connectivity index (χ1v) is 45.8. The van der Waals surface area contributed by atoms with E-state index in [1.54, 1.807) is 137 Å². The topological polar surface area (TPSA) is 520 Å². The van der Waals surface area contributed by atoms with Crippen LogP contribution in [0.25, 0.3) is 44.7 Å². The van der Waals surface area contributed by atoms with E-state index in [1.807, 2.05) is 96.1 Å². The molecule has 8 aliphatic heterocycles. The van der Waals surface area contributed by atoms with Gasteiger partial charge < -0.3 is 104 Å². The molecular weight excluding hydrogens is 1870 g/mol. The van der Waals surface area contributed by atoms with E-state index in [0.29, 0.717) is 70.3 Å². The first-order chi connectivity index (χ1) is 66.1. The minimum Gasteiger partial charge on any atom is -0.463 e. The van der Waals surface area contributed by atoms with E-state index in [4.69, 9.17) is 151 Å². The average Bonchev–Trinajstić information content (AvgIpc) is 1.57. The molecule has 13 aromatic rings. The Balaban J connectivity index is 0.000000118. The number of fused-ring (bicyclic) bond motifs is 8. The van der Waals surface area contributed by atoms with Crippen LogP contribution < -0.4 is 28.7 Å². The zero-order valence-electron chi connectivity index (χ0n) is 75.7. The van der Waals surface area contributed by atoms with Gasteiger partial charge in [0.05, 0.1) is 42.2 Å². The number of halogens is 4. The van der Waals surface area contributed by atoms with E-state index >= 15 is 0 Å². The molecule has 16 heterocycles. The molecule has 9 fully saturated rings. The Bertz CT molecular complexity index is 6670. The van der Waals surface area contributed by atoms with Gasteiger partial charge in [0.15, 0.2) is 95.9 Å². The summed E-state index contributed by atoms with van der Waals surface area (Å²) in [5.74, 6) is -0.507. The van der Waals surface area contributed by atoms with Crippen LogP contribution >= 0.6 is 46.4 Å². The van der Waals surface area contributed by atoms with Gasteiger partial charge in [-0.05, 0) is 128 Å². The molecule has 45 heteroatoms. The van der Waals surface area contributed by atoms with Crippen LogP contribution in [0.4, 0.5) is 23.3 Å². The van der Waals surface area contributed by atoms with E-state index in [9.17, 15) is 19.2 Å². The van der Waals surface area contributed by atoms with Crippen molar-refractivity contribution in [2.75, 3.05) is 49.4 Å². The lowest BCUT2D eigenvalue weighted by Crippen LogP contribution is -2.43. The second-order valence-corrected chi connectivity index (χ2v) is 38.3. The van der Waals surface area contributed by atoms with Gasteiger partial charge >= 0.3 is 23.9 Å². The Morgan fingerprint density at radius 3 is 0.957 bits per heavy atom. The maximum absolute atomic E-state index is 12.6. The summed E-state index contributed by atoms with van der Waals surface area (Å²) in [6, 6.07) is 37.0. The van der Waals surface area contributed by atoms with Gasteiger partial charge in [-0.25, -0.2) is 64.6 Å². The molecule has 722 valence electrons. The molecule has 21 atom stereocenters. The van der Waals surface area contributed by atoms with Crippen LogP contribution in [-0.4, -0.2) is 206 Å². The molecule has 10 N–H and O–H groups in total. The van der Waals surface area contributed by atoms with Gasteiger partial charge in [-0.15, -0.1) is 0 Å². The third-order valence-corrected chi connectivity index (χ3v) is 26.5. The first kappa shape index (κ1) is 95.0. The highest BCUT2D eigenvalue weighted by atomic mass is 35.5. The smallest absolute Gasteiger partial charge is 0.338 e. The number of carbonyl (C=O) groups excluding carboxylic acids is 4. The van der Waals surface area contributed by atoms with Gasteiger partial charge in [0.1, 0.15) is 151 Å². The Hall–Kier alpha value is -12.0. The highest BCUT2D eigenvalue weighted by molar-refractivity contribution is 6.31. The van der Waals surface area contributed by atoms with E-state index in [1.165, 1.54) is 25.3 Å². The van der Waals surface area contributed by atoms with Crippen molar-refractivity contribution in [1.82, 2.24) is 78.1 Å². The molecule has 41 nitrogen and oxygen atoms in total. The number of anilines is 4. The zero-order chi connectivity index (χ0) is 96.8. The molecule has 0 radical (unpaired) electrons. The van der Waals surface area contributed by atoms with Crippen molar-refractivity contribution in [3.05, 3.63) is 226 Å². The SMILES string of the molecule is CC(C)(C)C(=O)OC[C@H]1O[C@@H](n2cnc3c(N)ncnc32)[C@]2(C)OC(c3ccc(Cl)cc3)O[C@H]12.CC(C)[C@H](N)C(=O)OC[C@H]1O[C@@H](n2cnc3c(N)ncnc32)[C@]2(C)OC(c3ccc(Cl)cc3)O[C@H]12.C[C@@]12OC(c3ccc(Cl)cc3)O[C@@H]1[C@@H](COC(=O)C1CC1)O[C@H]2n1cnc2c(N)ncnc21.C[C@@]12OC(c3ccc(Cl)cc3)O[C@@H]1[C@@H](COC(=O)c1ccccc1)O[C@H]2n1cnc2c(N)ncnc21. The summed E-state index contributed by atoms with van der Waals surface area (Å²) in [4.78, 5) is 100. The number of benzene rings is 5. The number of hydrogen-bond donors (Lipinski definition) is 5. The zero-order valence-corrected chi connectivity index (χ0v) is 78.7. The Morgan fingerprint density at radius 2 is 0.674 bits per heavy atom. The number of carbonyl (C=O) groups is 4. The minimum atomic E-state index is -0.977. The number of ether oxygens (including phenoxy) is 16. The second-order valence-electron chi connectivity index (χ2n) is 36.5. The summed E-state index contributed by atoms with van der Waals surface area (Å²) >= 11 is 24.2. The number of imidazole rings is 4. The number of nitrogen functional groups attached to an aromatic ring is 4. The molecule has 1 aliphatic carbocycles. The molecule has 0 bridgehead atoms. The fourth-order valence-electron chi connectivity index (χ4n) is 17.9. The molecular formula is C93H97Cl4N21O20. The number of hydrogen-bond acceptors (Lipinski definition) is 37. The summed E-state index contributed by atoms with van der Waals surface area (Å²) in [5.41, 5.74) is 32.9. The van der Waals surface area contributed by atoms with Crippen LogP contribution in [0.1, 0.15) is 158 Å². The van der Waals surface area contributed by atoms with Gasteiger partial charge in [-0.2, -0.15) is 0 Å². The average molecular weight is 1970 g/mol. The number of esters is 4. The molecule has 0 spiro atoms. The number of nitrogens with zero attached hydrogens (tertiary/aromatic N) is 16. The summed E-state index contributed by atoms with van der Waals surface area (Å²) in [6.45, 7) is 16.7. The lowest BCUT2D eigenvalue weighted by Gasteiger charge is -2.28. The van der Waals surface area contributed by atoms with E-state index in [-0.39, 0.29) is 73.5 Å². The fraction of sp³-hybridized carbons (Fsp3) is 0.419. The molecule has 9 aliphatic rings. The quantitative estimate of drug-likeness (QED) is 0.0349. The predicted octanol–water partition coefficient (Wildman–Crippen LogP) is 12.3. The van der Waals surface area contributed by atoms with Crippen LogP contribution in [0, 0.1) is 17.3 Å². The van der Waals surface area contributed by atoms with E-state index in [0.717, 1.165) is 35.1 Å². The van der Waals surface area contributed by atoms with Crippen molar-refractivity contribution >= 4 is 138 Å². The van der Waals surface area contributed by atoms with Crippen molar-refractivity contribution < 1.29 is 95.0 Å². The maximum Gasteiger partial charge on any atom is 0.338 e. The van der Waals surface area contributed by atoms with Gasteiger partial charge in [0.25, 0.3) is 0 Å². The third kappa shape index (κ3) is 18.2. The van der Waals surface area contributed by atoms with Crippen LogP contribution in [-0.2, 0) is 90.2 Å². The van der Waals surface area contributed by atoms with Crippen LogP contribution in [0.15, 0.2) is 178 Å². The standard InChI is InChI=1S/C25H22ClN5O5.C23H27ClN6O5.C23H26ClN5O5.C22H22ClN5O5/c1-25-19(35-23(36-25)15-7-9-16(26)10-8-15)17(11-33-22(32)14-5-3-2-4-6-14)34-24(25)31-13-30-18-20(27)28-12-29-21(18)31;1-11(2)15(25)20(31)32-8-14-17-23(3,35-21(34-17)12-4-6-13(24)7-5-12)22(33-14)30-10-29-16-18(26)27-9-28-19(16)30;1-22(2,3)21(30)31-9-14-16-23(4,34-19(33-16)12-5-7-13(24)8-6-12)20(32-14)29-11-28-15-17(25)26-10-27-18(15)29;1-22-16(32-20(33-22)12-4-6-13(23)7-5-12)14(8-30-19(29)11-2-3-11)31-21(22)28-10-27-15-17(24)25-9-26-18(15)28/h2-10,12-13,17,19,23-24H,11H2,1H3,(H2,27,28,29);4-7,9-11,14-15,17,21-22H,8,25H2,1-3H3,(H2,26,27,28);5-8,10-11,14,16,19-20H,9H2,1-4H3,(H2,25,26,27);4-7,9-11,14,16,20-21H,2-3,8H2,1H3,(H2,24,25,26)/t17-,19-,23?,24-,25-;14-,15+,17-,21?,22-,23-;14-,16-,19?,20-,23-;14-,16-,20?,21-,22-/m1111/s1. The summed E-state index contributed by atoms with van der Waals surface area (Å²) in [7, 11) is 0. The molecule has 138 heavy (non-hydrogen) atoms. The molecule has 8 aromatic heterocycles. The number of rotatable bonds is 20. The van der Waals surface area contributed by atoms with Crippen LogP contribution in [0.5, 0.6) is 0 Å². The highest BCUT2D eigenvalue weighted by Gasteiger charge is 2.67. The lowest BCUT2D eigenvalue weighted by atomic mass is 9.96. The van der Waals surface area contributed by atoms with Crippen molar-refractivity contribution in [2.24, 2.45) is 23.0 Å². The van der Waals surface area contributed by atoms with Gasteiger partial charge in [-0.3, -0.25) is 32.7 Å². The van der Waals surface area contributed by atoms with Crippen molar-refractivity contribution in [3.8, 4) is 0 Å². The first-order valence-electron chi connectivity index (χ1n) is 44.3. The number of nitrogens with two attached hydrogens (primary N) is 5. The number of aromatic nitrogens is 16. The summed E-state index contributed by atoms with van der Waals surface area (Å²) in [6.07, 6.45) is 3.60. The molecule has 1 saturated carbocycles. The largest absolute Gasteiger partial charge is 0.463 e. The second kappa shape index (κ2) is 38.0. The van der Waals surface area contributed by atoms with Gasteiger partial charge in [0, 0.05) is 42.3 Å². The van der Waals surface area contributed by atoms with E-state index < -0.39 is 145 Å². The third-order valence-electron chi connectivity index (χ3n) is 25.5. The molecule has 4 unspecified atom stereocenters. The minimum absolute atomic E-state index is 0.00610. The molecule has 5 aromatic carbocycles. The molecule has 0 amide bonds. The maximum atomic E-state index is 12.6. The van der Waals surface area contributed by atoms with Gasteiger partial charge in [-0.1, -0.05) is 127 Å². The van der Waals surface area contributed by atoms with Crippen molar-refractivity contribution in [3.63, 3.8) is 0 Å². The van der Waals surface area contributed by atoms with Crippen molar-refractivity contribution in [2.45, 2.75) is 203 Å². The Morgan fingerprint density at radius 1 is 0.391 bits per heavy atom. The monoisotopic (exact) mass is 1970 g/mol. The van der Waals surface area contributed by atoms with Crippen LogP contribution in [0.3, 0.4) is 0 Å². The molecule has 8 saturated heterocycles. The summed E-state index contributed by atoms with van der Waals surface area (Å²) < 4.78 is 106.